The minimum Gasteiger partial charge on any atom is -0.506 e. The average molecular weight is 296 g/mol. The first kappa shape index (κ1) is 14.4. The molecule has 0 fully saturated rings. The molecule has 0 aliphatic rings. The Morgan fingerprint density at radius 2 is 2.10 bits per heavy atom. The van der Waals surface area contributed by atoms with E-state index >= 15 is 0 Å². The molecule has 2 aromatic rings. The van der Waals surface area contributed by atoms with Crippen molar-refractivity contribution in [3.05, 3.63) is 41.3 Å². The van der Waals surface area contributed by atoms with Crippen LogP contribution in [0.5, 0.6) is 5.75 Å². The van der Waals surface area contributed by atoms with Crippen LogP contribution in [-0.4, -0.2) is 18.7 Å². The molecule has 2 N–H and O–H groups in total. The number of phenols is 1. The van der Waals surface area contributed by atoms with Gasteiger partial charge in [0.25, 0.3) is 0 Å². The number of hydrogen-bond donors (Lipinski definition) is 2. The smallest absolute Gasteiger partial charge is 0.238 e. The molecule has 0 atom stereocenters. The van der Waals surface area contributed by atoms with Gasteiger partial charge in [-0.2, -0.15) is 0 Å². The second-order valence-corrected chi connectivity index (χ2v) is 6.22. The maximum atomic E-state index is 12.0. The summed E-state index contributed by atoms with van der Waals surface area (Å²) in [6.45, 7) is 3.63. The second kappa shape index (κ2) is 5.54. The first-order valence-electron chi connectivity index (χ1n) is 6.14. The van der Waals surface area contributed by atoms with Gasteiger partial charge in [-0.3, -0.25) is 4.72 Å². The molecular formula is C13H16N2O4S. The second-order valence-electron chi connectivity index (χ2n) is 4.50. The number of nitrogens with zero attached hydrogens (tertiary/aromatic N) is 1. The van der Waals surface area contributed by atoms with Gasteiger partial charge < -0.3 is 9.63 Å². The number of hydrogen-bond acceptors (Lipinski definition) is 5. The Bertz CT molecular complexity index is 707. The summed E-state index contributed by atoms with van der Waals surface area (Å²) in [5.74, 6) is 0.133. The highest BCUT2D eigenvalue weighted by Crippen LogP contribution is 2.26. The molecule has 108 valence electrons. The van der Waals surface area contributed by atoms with Gasteiger partial charge in [0.2, 0.25) is 10.0 Å². The van der Waals surface area contributed by atoms with Crippen molar-refractivity contribution < 1.29 is 18.0 Å². The van der Waals surface area contributed by atoms with Crippen LogP contribution in [-0.2, 0) is 22.2 Å². The van der Waals surface area contributed by atoms with Gasteiger partial charge in [0.1, 0.15) is 23.0 Å². The summed E-state index contributed by atoms with van der Waals surface area (Å²) in [6.07, 6.45) is 0.748. The molecule has 0 radical (unpaired) electrons. The molecule has 1 aromatic carbocycles. The largest absolute Gasteiger partial charge is 0.506 e. The zero-order valence-electron chi connectivity index (χ0n) is 11.3. The van der Waals surface area contributed by atoms with Crippen LogP contribution >= 0.6 is 0 Å². The summed E-state index contributed by atoms with van der Waals surface area (Å²) in [7, 11) is -3.65. The lowest BCUT2D eigenvalue weighted by molar-refractivity contribution is 0.392. The molecule has 20 heavy (non-hydrogen) atoms. The number of anilines is 1. The molecule has 1 heterocycles. The minimum atomic E-state index is -3.65. The summed E-state index contributed by atoms with van der Waals surface area (Å²) in [4.78, 5) is 0. The summed E-state index contributed by atoms with van der Waals surface area (Å²) in [6, 6.07) is 6.38. The predicted molar refractivity (Wildman–Crippen MR) is 75.0 cm³/mol. The molecule has 0 saturated heterocycles. The summed E-state index contributed by atoms with van der Waals surface area (Å²) < 4.78 is 31.2. The Morgan fingerprint density at radius 3 is 2.70 bits per heavy atom. The third-order valence-corrected chi connectivity index (χ3v) is 3.96. The van der Waals surface area contributed by atoms with Crippen LogP contribution < -0.4 is 4.72 Å². The van der Waals surface area contributed by atoms with E-state index in [9.17, 15) is 13.5 Å². The number of aromatic nitrogens is 1. The zero-order chi connectivity index (χ0) is 14.8. The first-order chi connectivity index (χ1) is 9.39. The van der Waals surface area contributed by atoms with Crippen molar-refractivity contribution in [1.82, 2.24) is 5.16 Å². The lowest BCUT2D eigenvalue weighted by Crippen LogP contribution is -2.15. The first-order valence-corrected chi connectivity index (χ1v) is 7.79. The Morgan fingerprint density at radius 1 is 1.35 bits per heavy atom. The van der Waals surface area contributed by atoms with E-state index in [4.69, 9.17) is 4.52 Å². The zero-order valence-corrected chi connectivity index (χ0v) is 12.1. The van der Waals surface area contributed by atoms with Gasteiger partial charge >= 0.3 is 0 Å². The van der Waals surface area contributed by atoms with E-state index in [-0.39, 0.29) is 17.2 Å². The summed E-state index contributed by atoms with van der Waals surface area (Å²) in [5, 5.41) is 13.3. The van der Waals surface area contributed by atoms with E-state index in [2.05, 4.69) is 9.88 Å². The van der Waals surface area contributed by atoms with E-state index in [1.807, 2.05) is 6.92 Å². The Kier molecular flexibility index (Phi) is 3.99. The van der Waals surface area contributed by atoms with Gasteiger partial charge in [-0.05, 0) is 31.0 Å². The molecule has 0 aliphatic heterocycles. The number of aryl methyl sites for hydroxylation is 2. The average Bonchev–Trinajstić information content (AvgIpc) is 2.76. The maximum Gasteiger partial charge on any atom is 0.238 e. The number of phenolic OH excluding ortho intramolecular Hbond substituents is 1. The summed E-state index contributed by atoms with van der Waals surface area (Å²) >= 11 is 0. The van der Waals surface area contributed by atoms with Crippen LogP contribution in [0.2, 0.25) is 0 Å². The molecule has 0 saturated carbocycles. The van der Waals surface area contributed by atoms with E-state index in [0.717, 1.165) is 12.0 Å². The van der Waals surface area contributed by atoms with Gasteiger partial charge in [-0.15, -0.1) is 0 Å². The van der Waals surface area contributed by atoms with Crippen molar-refractivity contribution in [2.75, 3.05) is 4.72 Å². The molecule has 1 aromatic heterocycles. The molecule has 0 bridgehead atoms. The van der Waals surface area contributed by atoms with Gasteiger partial charge in [-0.1, -0.05) is 18.1 Å². The number of aromatic hydroxyl groups is 1. The monoisotopic (exact) mass is 296 g/mol. The van der Waals surface area contributed by atoms with E-state index in [1.54, 1.807) is 25.1 Å². The Balaban J connectivity index is 2.19. The molecule has 6 nitrogen and oxygen atoms in total. The molecule has 0 amide bonds. The minimum absolute atomic E-state index is 0.109. The van der Waals surface area contributed by atoms with Crippen LogP contribution in [0.15, 0.2) is 28.8 Å². The maximum absolute atomic E-state index is 12.0. The van der Waals surface area contributed by atoms with Crippen LogP contribution in [0.25, 0.3) is 0 Å². The highest BCUT2D eigenvalue weighted by Gasteiger charge is 2.16. The highest BCUT2D eigenvalue weighted by atomic mass is 32.2. The molecule has 0 unspecified atom stereocenters. The lowest BCUT2D eigenvalue weighted by atomic mass is 10.1. The third kappa shape index (κ3) is 3.51. The van der Waals surface area contributed by atoms with Gasteiger partial charge in [0.15, 0.2) is 0 Å². The topological polar surface area (TPSA) is 92.4 Å². The fourth-order valence-corrected chi connectivity index (χ4v) is 2.87. The van der Waals surface area contributed by atoms with Crippen molar-refractivity contribution in [2.24, 2.45) is 0 Å². The quantitative estimate of drug-likeness (QED) is 0.825. The van der Waals surface area contributed by atoms with Gasteiger partial charge in [0, 0.05) is 6.07 Å². The number of benzene rings is 1. The van der Waals surface area contributed by atoms with Crippen LogP contribution in [0.4, 0.5) is 5.69 Å². The molecule has 2 rings (SSSR count). The van der Waals surface area contributed by atoms with Gasteiger partial charge in [0.05, 0.1) is 5.69 Å². The predicted octanol–water partition coefficient (Wildman–Crippen LogP) is 2.19. The van der Waals surface area contributed by atoms with Crippen LogP contribution in [0.1, 0.15) is 23.9 Å². The Hall–Kier alpha value is -2.02. The summed E-state index contributed by atoms with van der Waals surface area (Å²) in [5.41, 5.74) is 1.42. The molecule has 7 heteroatoms. The SMILES string of the molecule is CCc1ccc(O)c(NS(=O)(=O)Cc2cc(C)on2)c1. The highest BCUT2D eigenvalue weighted by molar-refractivity contribution is 7.91. The van der Waals surface area contributed by atoms with E-state index in [1.165, 1.54) is 6.07 Å². The van der Waals surface area contributed by atoms with Crippen molar-refractivity contribution in [3.8, 4) is 5.75 Å². The molecule has 0 spiro atoms. The number of sulfonamides is 1. The van der Waals surface area contributed by atoms with Crippen LogP contribution in [0.3, 0.4) is 0 Å². The van der Waals surface area contributed by atoms with Crippen molar-refractivity contribution in [2.45, 2.75) is 26.0 Å². The number of nitrogens with one attached hydrogen (secondary N) is 1. The fourth-order valence-electron chi connectivity index (χ4n) is 1.77. The van der Waals surface area contributed by atoms with Crippen molar-refractivity contribution >= 4 is 15.7 Å². The standard InChI is InChI=1S/C13H16N2O4S/c1-3-10-4-5-13(16)12(7-10)15-20(17,18)8-11-6-9(2)19-14-11/h4-7,15-16H,3,8H2,1-2H3. The molecule has 0 aliphatic carbocycles. The van der Waals surface area contributed by atoms with Crippen molar-refractivity contribution in [1.29, 1.82) is 0 Å². The number of rotatable bonds is 5. The Labute approximate surface area is 117 Å². The normalized spacial score (nSPS) is 11.5. The van der Waals surface area contributed by atoms with Crippen molar-refractivity contribution in [3.63, 3.8) is 0 Å². The van der Waals surface area contributed by atoms with E-state index in [0.29, 0.717) is 11.5 Å². The third-order valence-electron chi connectivity index (χ3n) is 2.75. The lowest BCUT2D eigenvalue weighted by Gasteiger charge is -2.09. The van der Waals surface area contributed by atoms with Crippen LogP contribution in [0, 0.1) is 6.92 Å². The van der Waals surface area contributed by atoms with E-state index < -0.39 is 10.0 Å². The molecular weight excluding hydrogens is 280 g/mol. The fraction of sp³-hybridized carbons (Fsp3) is 0.308. The van der Waals surface area contributed by atoms with Gasteiger partial charge in [-0.25, -0.2) is 8.42 Å².